The second-order valence-corrected chi connectivity index (χ2v) is 8.02. The smallest absolute Gasteiger partial charge is 0.224 e. The number of ether oxygens (including phenoxy) is 1. The van der Waals surface area contributed by atoms with E-state index in [0.717, 1.165) is 42.3 Å². The minimum absolute atomic E-state index is 0.0744. The summed E-state index contributed by atoms with van der Waals surface area (Å²) in [6.45, 7) is 6.83. The van der Waals surface area contributed by atoms with Gasteiger partial charge >= 0.3 is 0 Å². The highest BCUT2D eigenvalue weighted by molar-refractivity contribution is 5.94. The zero-order valence-corrected chi connectivity index (χ0v) is 18.8. The molecule has 0 radical (unpaired) electrons. The van der Waals surface area contributed by atoms with Crippen molar-refractivity contribution in [1.82, 2.24) is 15.6 Å². The van der Waals surface area contributed by atoms with Gasteiger partial charge in [0.15, 0.2) is 5.96 Å². The van der Waals surface area contributed by atoms with Crippen LogP contribution in [0.4, 0.5) is 5.69 Å². The summed E-state index contributed by atoms with van der Waals surface area (Å²) in [6, 6.07) is 12.3. The standard InChI is InChI=1S/C25H31N5O2/c1-3-26-25(27-11-10-19-16-29-23-14-17(2)4-7-21(19)23)28-12-13-32-20-6-8-22-18(15-20)5-9-24(31)30-22/h4,6-8,14-16,29H,3,5,9-13H2,1-2H3,(H,30,31)(H2,26,27,28). The summed E-state index contributed by atoms with van der Waals surface area (Å²) in [5, 5.41) is 10.8. The van der Waals surface area contributed by atoms with Crippen LogP contribution in [0.5, 0.6) is 5.75 Å². The third kappa shape index (κ3) is 5.41. The average molecular weight is 434 g/mol. The Bertz CT molecular complexity index is 1120. The van der Waals surface area contributed by atoms with E-state index in [0.29, 0.717) is 26.1 Å². The number of nitrogens with one attached hydrogen (secondary N) is 4. The Hall–Kier alpha value is -3.48. The number of guanidine groups is 1. The van der Waals surface area contributed by atoms with Gasteiger partial charge in [-0.25, -0.2) is 0 Å². The van der Waals surface area contributed by atoms with E-state index in [9.17, 15) is 4.79 Å². The third-order valence-electron chi connectivity index (χ3n) is 5.55. The van der Waals surface area contributed by atoms with E-state index in [-0.39, 0.29) is 5.91 Å². The molecule has 0 atom stereocenters. The maximum Gasteiger partial charge on any atom is 0.224 e. The Balaban J connectivity index is 1.26. The van der Waals surface area contributed by atoms with Crippen molar-refractivity contribution in [2.45, 2.75) is 33.1 Å². The maximum atomic E-state index is 11.5. The normalized spacial score (nSPS) is 13.6. The van der Waals surface area contributed by atoms with Gasteiger partial charge in [0.2, 0.25) is 5.91 Å². The Morgan fingerprint density at radius 3 is 2.94 bits per heavy atom. The fourth-order valence-electron chi connectivity index (χ4n) is 3.92. The lowest BCUT2D eigenvalue weighted by atomic mass is 10.0. The van der Waals surface area contributed by atoms with Crippen molar-refractivity contribution in [3.8, 4) is 5.75 Å². The summed E-state index contributed by atoms with van der Waals surface area (Å²) in [5.41, 5.74) is 5.73. The molecule has 7 heteroatoms. The van der Waals surface area contributed by atoms with Crippen LogP contribution < -0.4 is 20.7 Å². The van der Waals surface area contributed by atoms with Crippen molar-refractivity contribution in [1.29, 1.82) is 0 Å². The molecule has 7 nitrogen and oxygen atoms in total. The van der Waals surface area contributed by atoms with E-state index in [1.807, 2.05) is 18.2 Å². The highest BCUT2D eigenvalue weighted by Gasteiger charge is 2.15. The minimum Gasteiger partial charge on any atom is -0.492 e. The van der Waals surface area contributed by atoms with Crippen LogP contribution in [0, 0.1) is 6.92 Å². The summed E-state index contributed by atoms with van der Waals surface area (Å²) >= 11 is 0. The first-order valence-corrected chi connectivity index (χ1v) is 11.3. The van der Waals surface area contributed by atoms with Crippen LogP contribution >= 0.6 is 0 Å². The van der Waals surface area contributed by atoms with Crippen LogP contribution in [0.15, 0.2) is 47.6 Å². The van der Waals surface area contributed by atoms with Crippen molar-refractivity contribution < 1.29 is 9.53 Å². The Labute approximate surface area is 188 Å². The number of hydrogen-bond donors (Lipinski definition) is 4. The minimum atomic E-state index is 0.0744. The molecule has 168 valence electrons. The fourth-order valence-corrected chi connectivity index (χ4v) is 3.92. The van der Waals surface area contributed by atoms with E-state index in [1.54, 1.807) is 0 Å². The van der Waals surface area contributed by atoms with Gasteiger partial charge in [0.25, 0.3) is 0 Å². The lowest BCUT2D eigenvalue weighted by molar-refractivity contribution is -0.116. The van der Waals surface area contributed by atoms with Gasteiger partial charge in [-0.2, -0.15) is 0 Å². The van der Waals surface area contributed by atoms with Gasteiger partial charge in [-0.15, -0.1) is 0 Å². The topological polar surface area (TPSA) is 90.5 Å². The van der Waals surface area contributed by atoms with Crippen LogP contribution in [-0.2, 0) is 17.6 Å². The quantitative estimate of drug-likeness (QED) is 0.248. The largest absolute Gasteiger partial charge is 0.492 e. The molecule has 0 saturated heterocycles. The highest BCUT2D eigenvalue weighted by Crippen LogP contribution is 2.26. The molecule has 4 N–H and O–H groups in total. The summed E-state index contributed by atoms with van der Waals surface area (Å²) in [7, 11) is 0. The number of benzene rings is 2. The number of amides is 1. The number of aromatic amines is 1. The maximum absolute atomic E-state index is 11.5. The number of anilines is 1. The monoisotopic (exact) mass is 433 g/mol. The molecule has 2 aromatic carbocycles. The Morgan fingerprint density at radius 1 is 1.16 bits per heavy atom. The van der Waals surface area contributed by atoms with Gasteiger partial charge in [0.1, 0.15) is 12.4 Å². The van der Waals surface area contributed by atoms with Gasteiger partial charge < -0.3 is 25.7 Å². The van der Waals surface area contributed by atoms with Crippen LogP contribution in [0.3, 0.4) is 0 Å². The van der Waals surface area contributed by atoms with Crippen molar-refractivity contribution in [2.75, 3.05) is 31.6 Å². The van der Waals surface area contributed by atoms with E-state index >= 15 is 0 Å². The molecule has 2 heterocycles. The summed E-state index contributed by atoms with van der Waals surface area (Å²) in [5.74, 6) is 1.68. The van der Waals surface area contributed by atoms with Crippen molar-refractivity contribution in [2.24, 2.45) is 4.99 Å². The second-order valence-electron chi connectivity index (χ2n) is 8.02. The number of fused-ring (bicyclic) bond motifs is 2. The third-order valence-corrected chi connectivity index (χ3v) is 5.55. The van der Waals surface area contributed by atoms with Gasteiger partial charge in [0.05, 0.1) is 6.54 Å². The van der Waals surface area contributed by atoms with Crippen LogP contribution in [0.2, 0.25) is 0 Å². The number of hydrogen-bond acceptors (Lipinski definition) is 3. The number of carbonyl (C=O) groups excluding carboxylic acids is 1. The predicted molar refractivity (Wildman–Crippen MR) is 130 cm³/mol. The molecule has 3 aromatic rings. The zero-order valence-electron chi connectivity index (χ0n) is 18.8. The summed E-state index contributed by atoms with van der Waals surface area (Å²) in [6.07, 6.45) is 4.24. The number of nitrogens with zero attached hydrogens (tertiary/aromatic N) is 1. The molecule has 32 heavy (non-hydrogen) atoms. The van der Waals surface area contributed by atoms with E-state index in [2.05, 4.69) is 59.2 Å². The van der Waals surface area contributed by atoms with Gasteiger partial charge in [-0.1, -0.05) is 12.1 Å². The Morgan fingerprint density at radius 2 is 2.06 bits per heavy atom. The lowest BCUT2D eigenvalue weighted by Gasteiger charge is -2.18. The van der Waals surface area contributed by atoms with Gasteiger partial charge in [-0.3, -0.25) is 9.79 Å². The molecule has 0 spiro atoms. The van der Waals surface area contributed by atoms with E-state index < -0.39 is 0 Å². The second kappa shape index (κ2) is 10.2. The molecule has 1 aliphatic rings. The molecule has 1 aromatic heterocycles. The first kappa shape index (κ1) is 21.7. The number of aliphatic imine (C=N–C) groups is 1. The number of aromatic nitrogens is 1. The van der Waals surface area contributed by atoms with E-state index in [1.165, 1.54) is 22.0 Å². The first-order chi connectivity index (χ1) is 15.6. The fraction of sp³-hybridized carbons (Fsp3) is 0.360. The zero-order chi connectivity index (χ0) is 22.3. The first-order valence-electron chi connectivity index (χ1n) is 11.3. The molecule has 4 rings (SSSR count). The summed E-state index contributed by atoms with van der Waals surface area (Å²) < 4.78 is 5.89. The molecule has 0 unspecified atom stereocenters. The van der Waals surface area contributed by atoms with Crippen molar-refractivity contribution in [3.05, 3.63) is 59.3 Å². The molecule has 0 aliphatic carbocycles. The van der Waals surface area contributed by atoms with Crippen LogP contribution in [0.25, 0.3) is 10.9 Å². The van der Waals surface area contributed by atoms with Crippen LogP contribution in [0.1, 0.15) is 30.0 Å². The van der Waals surface area contributed by atoms with Crippen molar-refractivity contribution in [3.63, 3.8) is 0 Å². The van der Waals surface area contributed by atoms with Crippen molar-refractivity contribution >= 4 is 28.5 Å². The molecule has 1 aliphatic heterocycles. The van der Waals surface area contributed by atoms with E-state index in [4.69, 9.17) is 9.73 Å². The van der Waals surface area contributed by atoms with Gasteiger partial charge in [0, 0.05) is 42.3 Å². The molecule has 1 amide bonds. The predicted octanol–water partition coefficient (Wildman–Crippen LogP) is 3.54. The van der Waals surface area contributed by atoms with Crippen LogP contribution in [-0.4, -0.2) is 43.1 Å². The van der Waals surface area contributed by atoms with Gasteiger partial charge in [-0.05, 0) is 67.6 Å². The average Bonchev–Trinajstić information content (AvgIpc) is 3.18. The molecule has 0 fully saturated rings. The molecular weight excluding hydrogens is 402 g/mol. The summed E-state index contributed by atoms with van der Waals surface area (Å²) in [4.78, 5) is 19.5. The number of H-pyrrole nitrogens is 1. The number of aryl methyl sites for hydroxylation is 2. The highest BCUT2D eigenvalue weighted by atomic mass is 16.5. The number of rotatable bonds is 8. The molecule has 0 saturated carbocycles. The lowest BCUT2D eigenvalue weighted by Crippen LogP contribution is -2.39. The molecular formula is C25H31N5O2. The number of carbonyl (C=O) groups is 1. The molecule has 0 bridgehead atoms. The SMILES string of the molecule is CCNC(=NCCc1c[nH]c2cc(C)ccc12)NCCOc1ccc2c(c1)CCC(=O)N2. The Kier molecular flexibility index (Phi) is 6.94.